The van der Waals surface area contributed by atoms with Gasteiger partial charge < -0.3 is 19.6 Å². The van der Waals surface area contributed by atoms with Crippen LogP contribution in [0.3, 0.4) is 0 Å². The van der Waals surface area contributed by atoms with Gasteiger partial charge in [-0.1, -0.05) is 18.0 Å². The summed E-state index contributed by atoms with van der Waals surface area (Å²) in [5, 5.41) is 8.03. The maximum atomic E-state index is 12.7. The molecule has 2 aliphatic rings. The van der Waals surface area contributed by atoms with Crippen molar-refractivity contribution in [3.63, 3.8) is 0 Å². The second kappa shape index (κ2) is 8.86. The molecule has 152 valence electrons. The molecule has 0 radical (unpaired) electrons. The third-order valence-electron chi connectivity index (χ3n) is 5.94. The normalized spacial score (nSPS) is 21.6. The number of nitrogens with one attached hydrogen (secondary N) is 1. The fourth-order valence-electron chi connectivity index (χ4n) is 4.37. The average Bonchev–Trinajstić information content (AvgIpc) is 2.93. The van der Waals surface area contributed by atoms with Crippen LogP contribution in [0.15, 0.2) is 10.9 Å². The Labute approximate surface area is 165 Å². The van der Waals surface area contributed by atoms with Crippen molar-refractivity contribution in [1.82, 2.24) is 25.3 Å². The summed E-state index contributed by atoms with van der Waals surface area (Å²) >= 11 is 0. The van der Waals surface area contributed by atoms with Gasteiger partial charge in [0.15, 0.2) is 0 Å². The predicted molar refractivity (Wildman–Crippen MR) is 107 cm³/mol. The number of likely N-dealkylation sites (tertiary alicyclic amines) is 1. The summed E-state index contributed by atoms with van der Waals surface area (Å²) in [4.78, 5) is 26.0. The van der Waals surface area contributed by atoms with Crippen LogP contribution in [0.2, 0.25) is 0 Å². The van der Waals surface area contributed by atoms with Crippen LogP contribution >= 0.6 is 0 Å². The topological polar surface area (TPSA) is 87.4 Å². The minimum Gasteiger partial charge on any atom is -0.355 e. The molecule has 1 unspecified atom stereocenters. The van der Waals surface area contributed by atoms with E-state index in [1.807, 2.05) is 6.92 Å². The van der Waals surface area contributed by atoms with Crippen molar-refractivity contribution in [2.75, 3.05) is 44.2 Å². The molecule has 2 saturated heterocycles. The summed E-state index contributed by atoms with van der Waals surface area (Å²) in [6.45, 7) is 7.46. The number of aromatic nitrogens is 3. The standard InChI is InChI=1S/C20H30N6O2/c1-15-17-18(22-14-23-20(17)28-24-15)26-11-6-7-16(13-26)19(27)21-8-12-25-9-4-2-3-5-10-25/h14,16H,2-13H2,1H3,(H,21,27). The van der Waals surface area contributed by atoms with Gasteiger partial charge in [0.1, 0.15) is 17.5 Å². The van der Waals surface area contributed by atoms with Crippen molar-refractivity contribution >= 4 is 22.8 Å². The van der Waals surface area contributed by atoms with E-state index in [2.05, 4.69) is 30.2 Å². The highest BCUT2D eigenvalue weighted by Gasteiger charge is 2.28. The molecule has 1 N–H and O–H groups in total. The van der Waals surface area contributed by atoms with Crippen molar-refractivity contribution in [2.24, 2.45) is 5.92 Å². The molecule has 1 atom stereocenters. The van der Waals surface area contributed by atoms with Crippen LogP contribution in [-0.4, -0.2) is 65.2 Å². The minimum atomic E-state index is -0.0111. The molecule has 2 aromatic heterocycles. The van der Waals surface area contributed by atoms with Gasteiger partial charge in [0.05, 0.1) is 11.6 Å². The molecule has 4 heterocycles. The van der Waals surface area contributed by atoms with Crippen LogP contribution in [0.5, 0.6) is 0 Å². The van der Waals surface area contributed by atoms with Crippen LogP contribution in [0.4, 0.5) is 5.82 Å². The highest BCUT2D eigenvalue weighted by molar-refractivity contribution is 5.88. The third kappa shape index (κ3) is 4.27. The van der Waals surface area contributed by atoms with Crippen molar-refractivity contribution in [3.8, 4) is 0 Å². The van der Waals surface area contributed by atoms with E-state index in [1.54, 1.807) is 0 Å². The molecule has 1 amide bonds. The Bertz CT molecular complexity index is 799. The number of rotatable bonds is 5. The molecule has 2 aromatic rings. The number of aryl methyl sites for hydroxylation is 1. The van der Waals surface area contributed by atoms with E-state index >= 15 is 0 Å². The van der Waals surface area contributed by atoms with Crippen LogP contribution in [0.25, 0.3) is 11.1 Å². The van der Waals surface area contributed by atoms with E-state index in [-0.39, 0.29) is 11.8 Å². The molecule has 8 nitrogen and oxygen atoms in total. The average molecular weight is 387 g/mol. The molecule has 28 heavy (non-hydrogen) atoms. The van der Waals surface area contributed by atoms with Gasteiger partial charge in [-0.2, -0.15) is 4.98 Å². The van der Waals surface area contributed by atoms with Gasteiger partial charge in [-0.15, -0.1) is 0 Å². The minimum absolute atomic E-state index is 0.0111. The van der Waals surface area contributed by atoms with Crippen molar-refractivity contribution in [1.29, 1.82) is 0 Å². The second-order valence-electron chi connectivity index (χ2n) is 7.98. The van der Waals surface area contributed by atoms with Gasteiger partial charge in [-0.3, -0.25) is 4.79 Å². The number of carbonyl (C=O) groups excluding carboxylic acids is 1. The monoisotopic (exact) mass is 386 g/mol. The van der Waals surface area contributed by atoms with E-state index < -0.39 is 0 Å². The summed E-state index contributed by atoms with van der Waals surface area (Å²) in [6.07, 6.45) is 8.63. The van der Waals surface area contributed by atoms with E-state index in [0.29, 0.717) is 12.3 Å². The number of hydrogen-bond donors (Lipinski definition) is 1. The lowest BCUT2D eigenvalue weighted by atomic mass is 9.97. The molecular formula is C20H30N6O2. The molecular weight excluding hydrogens is 356 g/mol. The highest BCUT2D eigenvalue weighted by Crippen LogP contribution is 2.29. The molecule has 8 heteroatoms. The Kier molecular flexibility index (Phi) is 6.04. The number of nitrogens with zero attached hydrogens (tertiary/aromatic N) is 5. The van der Waals surface area contributed by atoms with Crippen LogP contribution in [-0.2, 0) is 4.79 Å². The lowest BCUT2D eigenvalue weighted by Gasteiger charge is -2.33. The molecule has 2 fully saturated rings. The lowest BCUT2D eigenvalue weighted by Crippen LogP contribution is -2.45. The Balaban J connectivity index is 1.34. The molecule has 2 aliphatic heterocycles. The first-order chi connectivity index (χ1) is 13.7. The number of piperidine rings is 1. The number of fused-ring (bicyclic) bond motifs is 1. The number of hydrogen-bond acceptors (Lipinski definition) is 7. The van der Waals surface area contributed by atoms with Crippen molar-refractivity contribution in [3.05, 3.63) is 12.0 Å². The van der Waals surface area contributed by atoms with Gasteiger partial charge >= 0.3 is 0 Å². The quantitative estimate of drug-likeness (QED) is 0.842. The summed E-state index contributed by atoms with van der Waals surface area (Å²) in [7, 11) is 0. The Morgan fingerprint density at radius 3 is 2.82 bits per heavy atom. The number of anilines is 1. The second-order valence-corrected chi connectivity index (χ2v) is 7.98. The smallest absolute Gasteiger partial charge is 0.263 e. The third-order valence-corrected chi connectivity index (χ3v) is 5.94. The highest BCUT2D eigenvalue weighted by atomic mass is 16.5. The zero-order valence-electron chi connectivity index (χ0n) is 16.7. The van der Waals surface area contributed by atoms with Crippen LogP contribution < -0.4 is 10.2 Å². The van der Waals surface area contributed by atoms with Gasteiger partial charge in [0.25, 0.3) is 5.71 Å². The first-order valence-electron chi connectivity index (χ1n) is 10.5. The zero-order valence-corrected chi connectivity index (χ0v) is 16.7. The molecule has 0 bridgehead atoms. The first-order valence-corrected chi connectivity index (χ1v) is 10.5. The molecule has 0 aliphatic carbocycles. The Morgan fingerprint density at radius 2 is 2.00 bits per heavy atom. The SMILES string of the molecule is Cc1noc2ncnc(N3CCCC(C(=O)NCCN4CCCCCC4)C3)c12. The summed E-state index contributed by atoms with van der Waals surface area (Å²) < 4.78 is 5.26. The van der Waals surface area contributed by atoms with E-state index in [1.165, 1.54) is 32.0 Å². The molecule has 0 spiro atoms. The first kappa shape index (κ1) is 19.1. The zero-order chi connectivity index (χ0) is 19.3. The fraction of sp³-hybridized carbons (Fsp3) is 0.700. The number of amides is 1. The maximum absolute atomic E-state index is 12.7. The summed E-state index contributed by atoms with van der Waals surface area (Å²) in [5.74, 6) is 0.973. The fourth-order valence-corrected chi connectivity index (χ4v) is 4.37. The van der Waals surface area contributed by atoms with Crippen LogP contribution in [0, 0.1) is 12.8 Å². The summed E-state index contributed by atoms with van der Waals surface area (Å²) in [6, 6.07) is 0. The van der Waals surface area contributed by atoms with Crippen molar-refractivity contribution < 1.29 is 9.32 Å². The Hall–Kier alpha value is -2.22. The van der Waals surface area contributed by atoms with Gasteiger partial charge in [-0.25, -0.2) is 4.98 Å². The van der Waals surface area contributed by atoms with Gasteiger partial charge in [-0.05, 0) is 45.7 Å². The largest absolute Gasteiger partial charge is 0.355 e. The molecule has 0 saturated carbocycles. The van der Waals surface area contributed by atoms with Crippen molar-refractivity contribution in [2.45, 2.75) is 45.4 Å². The molecule has 4 rings (SSSR count). The Morgan fingerprint density at radius 1 is 1.18 bits per heavy atom. The lowest BCUT2D eigenvalue weighted by molar-refractivity contribution is -0.125. The van der Waals surface area contributed by atoms with E-state index in [9.17, 15) is 4.79 Å². The summed E-state index contributed by atoms with van der Waals surface area (Å²) in [5.41, 5.74) is 1.29. The van der Waals surface area contributed by atoms with Gasteiger partial charge in [0, 0.05) is 26.2 Å². The van der Waals surface area contributed by atoms with Gasteiger partial charge in [0.2, 0.25) is 5.91 Å². The maximum Gasteiger partial charge on any atom is 0.263 e. The van der Waals surface area contributed by atoms with Crippen LogP contribution in [0.1, 0.15) is 44.2 Å². The van der Waals surface area contributed by atoms with E-state index in [4.69, 9.17) is 4.52 Å². The number of carbonyl (C=O) groups is 1. The molecule has 0 aromatic carbocycles. The van der Waals surface area contributed by atoms with E-state index in [0.717, 1.165) is 62.5 Å². The predicted octanol–water partition coefficient (Wildman–Crippen LogP) is 2.13.